The van der Waals surface area contributed by atoms with Gasteiger partial charge in [0.1, 0.15) is 0 Å². The Balaban J connectivity index is 2.52. The first-order chi connectivity index (χ1) is 9.39. The highest BCUT2D eigenvalue weighted by molar-refractivity contribution is 5.74. The molecule has 0 aliphatic carbocycles. The minimum absolute atomic E-state index is 0.0407. The van der Waals surface area contributed by atoms with Gasteiger partial charge in [0.05, 0.1) is 22.8 Å². The molecule has 3 unspecified atom stereocenters. The number of nitrogens with one attached hydrogen (secondary N) is 2. The van der Waals surface area contributed by atoms with Gasteiger partial charge in [-0.25, -0.2) is 4.79 Å². The van der Waals surface area contributed by atoms with E-state index in [2.05, 4.69) is 10.6 Å². The quantitative estimate of drug-likeness (QED) is 0.730. The molecule has 1 aliphatic rings. The summed E-state index contributed by atoms with van der Waals surface area (Å²) >= 11 is 0. The lowest BCUT2D eigenvalue weighted by Crippen LogP contribution is -2.53. The molecule has 0 aromatic heterocycles. The van der Waals surface area contributed by atoms with Gasteiger partial charge in [0.15, 0.2) is 0 Å². The molecule has 3 N–H and O–H groups in total. The lowest BCUT2D eigenvalue weighted by molar-refractivity contribution is -0.0691. The second kappa shape index (κ2) is 6.13. The number of hydrogen-bond acceptors (Lipinski definition) is 3. The Morgan fingerprint density at radius 3 is 2.43 bits per heavy atom. The van der Waals surface area contributed by atoms with Crippen LogP contribution < -0.4 is 10.6 Å². The summed E-state index contributed by atoms with van der Waals surface area (Å²) in [5.41, 5.74) is -1.52. The molecule has 2 amide bonds. The summed E-state index contributed by atoms with van der Waals surface area (Å²) in [6, 6.07) is -0.293. The van der Waals surface area contributed by atoms with E-state index in [1.54, 1.807) is 6.92 Å². The second-order valence-electron chi connectivity index (χ2n) is 7.72. The van der Waals surface area contributed by atoms with Crippen molar-refractivity contribution in [3.63, 3.8) is 0 Å². The van der Waals surface area contributed by atoms with E-state index in [1.807, 2.05) is 41.5 Å². The van der Waals surface area contributed by atoms with Gasteiger partial charge in [0.25, 0.3) is 0 Å². The molecule has 124 valence electrons. The molecule has 1 rings (SSSR count). The molecule has 1 heterocycles. The molecule has 0 spiro atoms. The Bertz CT molecular complexity index is 378. The third-order valence-electron chi connectivity index (χ3n) is 4.66. The number of aliphatic hydroxyl groups is 1. The van der Waals surface area contributed by atoms with Crippen LogP contribution in [0.2, 0.25) is 0 Å². The van der Waals surface area contributed by atoms with Crippen LogP contribution in [0.25, 0.3) is 0 Å². The smallest absolute Gasteiger partial charge is 0.315 e. The molecule has 0 aromatic rings. The predicted molar refractivity (Wildman–Crippen MR) is 84.3 cm³/mol. The highest BCUT2D eigenvalue weighted by Gasteiger charge is 2.46. The van der Waals surface area contributed by atoms with Crippen LogP contribution in [-0.2, 0) is 4.74 Å². The second-order valence-corrected chi connectivity index (χ2v) is 7.72. The van der Waals surface area contributed by atoms with Gasteiger partial charge in [-0.05, 0) is 47.0 Å². The van der Waals surface area contributed by atoms with Crippen LogP contribution in [0.5, 0.6) is 0 Å². The van der Waals surface area contributed by atoms with Gasteiger partial charge in [-0.3, -0.25) is 0 Å². The Labute approximate surface area is 128 Å². The third kappa shape index (κ3) is 4.85. The predicted octanol–water partition coefficient (Wildman–Crippen LogP) is 2.43. The van der Waals surface area contributed by atoms with E-state index in [0.29, 0.717) is 0 Å². The van der Waals surface area contributed by atoms with Crippen molar-refractivity contribution in [1.82, 2.24) is 10.6 Å². The topological polar surface area (TPSA) is 70.6 Å². The van der Waals surface area contributed by atoms with E-state index in [4.69, 9.17) is 4.74 Å². The van der Waals surface area contributed by atoms with Gasteiger partial charge >= 0.3 is 6.03 Å². The number of hydrogen-bond donors (Lipinski definition) is 3. The maximum Gasteiger partial charge on any atom is 0.315 e. The molecule has 0 radical (unpaired) electrons. The number of ether oxygens (including phenoxy) is 1. The monoisotopic (exact) mass is 300 g/mol. The van der Waals surface area contributed by atoms with Crippen molar-refractivity contribution in [2.45, 2.75) is 84.2 Å². The molecular weight excluding hydrogens is 268 g/mol. The van der Waals surface area contributed by atoms with Crippen molar-refractivity contribution in [2.24, 2.45) is 5.92 Å². The molecule has 0 bridgehead atoms. The zero-order valence-electron chi connectivity index (χ0n) is 14.5. The van der Waals surface area contributed by atoms with E-state index in [1.165, 1.54) is 0 Å². The molecule has 21 heavy (non-hydrogen) atoms. The summed E-state index contributed by atoms with van der Waals surface area (Å²) in [6.45, 7) is 14.0. The van der Waals surface area contributed by atoms with Gasteiger partial charge in [-0.1, -0.05) is 20.3 Å². The summed E-state index contributed by atoms with van der Waals surface area (Å²) in [7, 11) is 0. The van der Waals surface area contributed by atoms with Crippen LogP contribution in [0.4, 0.5) is 4.79 Å². The fourth-order valence-corrected chi connectivity index (χ4v) is 2.87. The molecule has 1 aliphatic heterocycles. The first-order valence-electron chi connectivity index (χ1n) is 7.86. The molecule has 5 heteroatoms. The zero-order chi connectivity index (χ0) is 16.5. The first kappa shape index (κ1) is 18.2. The largest absolute Gasteiger partial charge is 0.388 e. The molecule has 5 nitrogen and oxygen atoms in total. The van der Waals surface area contributed by atoms with E-state index in [0.717, 1.165) is 12.8 Å². The summed E-state index contributed by atoms with van der Waals surface area (Å²) < 4.78 is 5.96. The number of carbonyl (C=O) groups is 1. The van der Waals surface area contributed by atoms with Crippen molar-refractivity contribution in [1.29, 1.82) is 0 Å². The highest BCUT2D eigenvalue weighted by Crippen LogP contribution is 2.37. The first-order valence-corrected chi connectivity index (χ1v) is 7.86. The van der Waals surface area contributed by atoms with Crippen molar-refractivity contribution >= 4 is 6.03 Å². The Morgan fingerprint density at radius 1 is 1.43 bits per heavy atom. The average molecular weight is 300 g/mol. The molecule has 0 aromatic carbocycles. The Hall–Kier alpha value is -0.810. The Kier molecular flexibility index (Phi) is 5.32. The van der Waals surface area contributed by atoms with Crippen molar-refractivity contribution in [3.05, 3.63) is 0 Å². The lowest BCUT2D eigenvalue weighted by atomic mass is 9.89. The van der Waals surface area contributed by atoms with Gasteiger partial charge in [-0.15, -0.1) is 0 Å². The van der Waals surface area contributed by atoms with Crippen LogP contribution >= 0.6 is 0 Å². The van der Waals surface area contributed by atoms with Gasteiger partial charge in [-0.2, -0.15) is 0 Å². The lowest BCUT2D eigenvalue weighted by Gasteiger charge is -2.31. The Morgan fingerprint density at radius 2 is 2.00 bits per heavy atom. The summed E-state index contributed by atoms with van der Waals surface area (Å²) in [6.07, 6.45) is 1.64. The maximum absolute atomic E-state index is 12.1. The molecule has 1 fully saturated rings. The van der Waals surface area contributed by atoms with Gasteiger partial charge in [0, 0.05) is 6.54 Å². The van der Waals surface area contributed by atoms with Crippen molar-refractivity contribution in [2.75, 3.05) is 6.54 Å². The molecule has 1 saturated heterocycles. The van der Waals surface area contributed by atoms with Crippen LogP contribution in [0.15, 0.2) is 0 Å². The number of carbonyl (C=O) groups excluding carboxylic acids is 1. The number of urea groups is 1. The van der Waals surface area contributed by atoms with Crippen LogP contribution in [-0.4, -0.2) is 40.5 Å². The fraction of sp³-hybridized carbons (Fsp3) is 0.938. The molecular formula is C16H32N2O3. The van der Waals surface area contributed by atoms with E-state index in [-0.39, 0.29) is 35.7 Å². The minimum Gasteiger partial charge on any atom is -0.388 e. The molecule has 0 saturated carbocycles. The SMILES string of the molecule is CCC(C)C(C)(O)CNC(=O)NC1CC(C)(C)OC1(C)C. The van der Waals surface area contributed by atoms with Crippen molar-refractivity contribution in [3.8, 4) is 0 Å². The standard InChI is InChI=1S/C16H32N2O3/c1-8-11(2)16(7,20)10-17-13(19)18-12-9-14(3,4)21-15(12,5)6/h11-12,20H,8-10H2,1-7H3,(H2,17,18,19). The van der Waals surface area contributed by atoms with Gasteiger partial charge < -0.3 is 20.5 Å². The summed E-state index contributed by atoms with van der Waals surface area (Å²) in [5, 5.41) is 16.1. The van der Waals surface area contributed by atoms with E-state index in [9.17, 15) is 9.90 Å². The fourth-order valence-electron chi connectivity index (χ4n) is 2.87. The maximum atomic E-state index is 12.1. The van der Waals surface area contributed by atoms with E-state index < -0.39 is 5.60 Å². The molecule has 3 atom stereocenters. The number of rotatable bonds is 5. The normalized spacial score (nSPS) is 27.7. The number of amides is 2. The van der Waals surface area contributed by atoms with Crippen molar-refractivity contribution < 1.29 is 14.6 Å². The van der Waals surface area contributed by atoms with Crippen LogP contribution in [0, 0.1) is 5.92 Å². The zero-order valence-corrected chi connectivity index (χ0v) is 14.5. The average Bonchev–Trinajstić information content (AvgIpc) is 2.53. The van der Waals surface area contributed by atoms with Crippen LogP contribution in [0.1, 0.15) is 61.3 Å². The highest BCUT2D eigenvalue weighted by atomic mass is 16.5. The minimum atomic E-state index is -0.896. The van der Waals surface area contributed by atoms with Crippen LogP contribution in [0.3, 0.4) is 0 Å². The summed E-state index contributed by atoms with van der Waals surface area (Å²) in [5.74, 6) is 0.128. The summed E-state index contributed by atoms with van der Waals surface area (Å²) in [4.78, 5) is 12.1. The van der Waals surface area contributed by atoms with E-state index >= 15 is 0 Å². The van der Waals surface area contributed by atoms with Gasteiger partial charge in [0.2, 0.25) is 0 Å². The third-order valence-corrected chi connectivity index (χ3v) is 4.66.